The van der Waals surface area contributed by atoms with Crippen LogP contribution < -0.4 is 15.2 Å². The van der Waals surface area contributed by atoms with Crippen LogP contribution in [0.2, 0.25) is 0 Å². The van der Waals surface area contributed by atoms with Crippen LogP contribution in [0, 0.1) is 12.8 Å². The Kier molecular flexibility index (Phi) is 7.78. The lowest BCUT2D eigenvalue weighted by Gasteiger charge is -2.40. The van der Waals surface area contributed by atoms with E-state index in [0.717, 1.165) is 46.5 Å². The van der Waals surface area contributed by atoms with Crippen LogP contribution in [0.25, 0.3) is 0 Å². The van der Waals surface area contributed by atoms with Gasteiger partial charge in [-0.2, -0.15) is 0 Å². The number of aryl methyl sites for hydroxylation is 1. The molecule has 2 aliphatic rings. The molecular formula is C37H40N2O3. The predicted octanol–water partition coefficient (Wildman–Crippen LogP) is 9.20. The van der Waals surface area contributed by atoms with Crippen molar-refractivity contribution in [3.8, 4) is 11.5 Å². The van der Waals surface area contributed by atoms with Gasteiger partial charge in [0.15, 0.2) is 5.60 Å². The van der Waals surface area contributed by atoms with Crippen LogP contribution in [0.5, 0.6) is 11.5 Å². The molecule has 4 aromatic rings. The summed E-state index contributed by atoms with van der Waals surface area (Å²) in [7, 11) is 0. The molecule has 2 heterocycles. The number of ether oxygens (including phenoxy) is 2. The van der Waals surface area contributed by atoms with Crippen molar-refractivity contribution in [1.29, 1.82) is 0 Å². The number of hydrogen-bond acceptors (Lipinski definition) is 5. The lowest BCUT2D eigenvalue weighted by Crippen LogP contribution is -2.47. The van der Waals surface area contributed by atoms with Gasteiger partial charge < -0.3 is 9.47 Å². The number of para-hydroxylation sites is 3. The summed E-state index contributed by atoms with van der Waals surface area (Å²) in [5.74, 6) is 1.59. The van der Waals surface area contributed by atoms with Crippen LogP contribution >= 0.6 is 0 Å². The minimum Gasteiger partial charge on any atom is -0.456 e. The first kappa shape index (κ1) is 28.0. The zero-order valence-electron chi connectivity index (χ0n) is 25.0. The zero-order valence-corrected chi connectivity index (χ0v) is 25.0. The molecule has 0 fully saturated rings. The Morgan fingerprint density at radius 3 is 2.07 bits per heavy atom. The summed E-state index contributed by atoms with van der Waals surface area (Å²) in [6.45, 7) is 8.93. The van der Waals surface area contributed by atoms with E-state index in [9.17, 15) is 4.79 Å². The summed E-state index contributed by atoms with van der Waals surface area (Å²) in [6, 6.07) is 30.5. The second kappa shape index (κ2) is 11.7. The first-order valence-electron chi connectivity index (χ1n) is 15.4. The highest BCUT2D eigenvalue weighted by molar-refractivity contribution is 6.00. The topological polar surface area (TPSA) is 50.8 Å². The van der Waals surface area contributed by atoms with Gasteiger partial charge in [-0.25, -0.2) is 10.2 Å². The molecule has 5 heteroatoms. The third-order valence-electron chi connectivity index (χ3n) is 8.94. The number of fused-ring (bicyclic) bond motifs is 6. The van der Waals surface area contributed by atoms with Gasteiger partial charge in [-0.3, -0.25) is 5.01 Å². The first-order chi connectivity index (χ1) is 20.5. The average Bonchev–Trinajstić information content (AvgIpc) is 3.32. The van der Waals surface area contributed by atoms with E-state index in [1.807, 2.05) is 66.7 Å². The smallest absolute Gasteiger partial charge is 0.340 e. The minimum atomic E-state index is -1.15. The number of nitrogens with one attached hydrogen (secondary N) is 1. The summed E-state index contributed by atoms with van der Waals surface area (Å²) in [6.07, 6.45) is 5.66. The molecule has 2 atom stereocenters. The largest absolute Gasteiger partial charge is 0.456 e. The van der Waals surface area contributed by atoms with Crippen LogP contribution in [0.3, 0.4) is 0 Å². The minimum absolute atomic E-state index is 0.250. The molecule has 0 saturated carbocycles. The summed E-state index contributed by atoms with van der Waals surface area (Å²) in [4.78, 5) is 13.8. The van der Waals surface area contributed by atoms with Crippen LogP contribution in [-0.2, 0) is 10.3 Å². The van der Waals surface area contributed by atoms with Crippen LogP contribution in [0.1, 0.15) is 85.5 Å². The number of hydrogen-bond donors (Lipinski definition) is 1. The maximum absolute atomic E-state index is 13.8. The molecule has 4 aromatic carbocycles. The van der Waals surface area contributed by atoms with Gasteiger partial charge in [0, 0.05) is 22.7 Å². The van der Waals surface area contributed by atoms with E-state index in [2.05, 4.69) is 62.4 Å². The molecule has 2 aliphatic heterocycles. The van der Waals surface area contributed by atoms with Crippen molar-refractivity contribution in [2.45, 2.75) is 71.4 Å². The van der Waals surface area contributed by atoms with Gasteiger partial charge >= 0.3 is 5.97 Å². The maximum atomic E-state index is 13.8. The fourth-order valence-electron chi connectivity index (χ4n) is 6.79. The van der Waals surface area contributed by atoms with Gasteiger partial charge in [0.1, 0.15) is 11.5 Å². The van der Waals surface area contributed by atoms with E-state index < -0.39 is 5.60 Å². The molecule has 0 amide bonds. The van der Waals surface area contributed by atoms with E-state index in [4.69, 9.17) is 9.47 Å². The summed E-state index contributed by atoms with van der Waals surface area (Å²) in [5, 5.41) is 2.22. The fourth-order valence-corrected chi connectivity index (χ4v) is 6.79. The lowest BCUT2D eigenvalue weighted by atomic mass is 9.76. The zero-order chi connectivity index (χ0) is 29.3. The van der Waals surface area contributed by atoms with E-state index in [1.165, 1.54) is 19.3 Å². The number of carbonyl (C=O) groups is 1. The monoisotopic (exact) mass is 560 g/mol. The summed E-state index contributed by atoms with van der Waals surface area (Å²) in [5.41, 5.74) is 8.94. The van der Waals surface area contributed by atoms with Crippen molar-refractivity contribution in [1.82, 2.24) is 5.43 Å². The van der Waals surface area contributed by atoms with Gasteiger partial charge in [-0.1, -0.05) is 101 Å². The molecule has 5 nitrogen and oxygen atoms in total. The Bertz CT molecular complexity index is 1540. The van der Waals surface area contributed by atoms with Crippen molar-refractivity contribution in [3.05, 3.63) is 119 Å². The molecule has 0 radical (unpaired) electrons. The van der Waals surface area contributed by atoms with Gasteiger partial charge in [-0.05, 0) is 61.6 Å². The van der Waals surface area contributed by atoms with Crippen LogP contribution in [-0.4, -0.2) is 12.0 Å². The summed E-state index contributed by atoms with van der Waals surface area (Å²) >= 11 is 0. The Labute approximate surface area is 249 Å². The Morgan fingerprint density at radius 2 is 1.45 bits per heavy atom. The highest BCUT2D eigenvalue weighted by Crippen LogP contribution is 2.58. The highest BCUT2D eigenvalue weighted by atomic mass is 16.6. The average molecular weight is 561 g/mol. The number of rotatable bonds is 10. The highest BCUT2D eigenvalue weighted by Gasteiger charge is 2.55. The van der Waals surface area contributed by atoms with Gasteiger partial charge in [0.25, 0.3) is 0 Å². The number of benzene rings is 4. The predicted molar refractivity (Wildman–Crippen MR) is 169 cm³/mol. The second-order valence-corrected chi connectivity index (χ2v) is 11.4. The molecular weight excluding hydrogens is 520 g/mol. The van der Waals surface area contributed by atoms with Gasteiger partial charge in [-0.15, -0.1) is 0 Å². The number of unbranched alkanes of at least 4 members (excludes halogenated alkanes) is 1. The molecule has 2 unspecified atom stereocenters. The second-order valence-electron chi connectivity index (χ2n) is 11.4. The number of esters is 1. The van der Waals surface area contributed by atoms with E-state index in [-0.39, 0.29) is 12.0 Å². The number of carbonyl (C=O) groups excluding carboxylic acids is 1. The molecule has 42 heavy (non-hydrogen) atoms. The van der Waals surface area contributed by atoms with Crippen molar-refractivity contribution in [2.75, 3.05) is 5.01 Å². The number of nitrogens with zero attached hydrogens (tertiary/aromatic N) is 1. The fraction of sp³-hybridized carbons (Fsp3) is 0.324. The summed E-state index contributed by atoms with van der Waals surface area (Å²) < 4.78 is 12.9. The quantitative estimate of drug-likeness (QED) is 0.155. The molecule has 216 valence electrons. The third kappa shape index (κ3) is 4.57. The normalized spacial score (nSPS) is 15.7. The maximum Gasteiger partial charge on any atom is 0.340 e. The van der Waals surface area contributed by atoms with E-state index in [1.54, 1.807) is 0 Å². The van der Waals surface area contributed by atoms with Crippen LogP contribution in [0.4, 0.5) is 11.4 Å². The van der Waals surface area contributed by atoms with Crippen molar-refractivity contribution in [2.24, 2.45) is 5.92 Å². The Morgan fingerprint density at radius 1 is 0.810 bits per heavy atom. The Balaban J connectivity index is 1.62. The molecule has 6 rings (SSSR count). The van der Waals surface area contributed by atoms with Gasteiger partial charge in [0.2, 0.25) is 0 Å². The van der Waals surface area contributed by atoms with Crippen molar-refractivity contribution in [3.63, 3.8) is 0 Å². The number of anilines is 2. The molecule has 1 spiro atoms. The third-order valence-corrected chi connectivity index (χ3v) is 8.94. The first-order valence-corrected chi connectivity index (χ1v) is 15.4. The van der Waals surface area contributed by atoms with Crippen LogP contribution in [0.15, 0.2) is 91.0 Å². The SMILES string of the molecule is CCCCC(CC)C(CC)NN(c1ccccc1)c1c(C)ccc2c1C1(OC2=O)c2ccccc2Oc2ccccc21. The van der Waals surface area contributed by atoms with Crippen molar-refractivity contribution >= 4 is 17.3 Å². The van der Waals surface area contributed by atoms with E-state index in [0.29, 0.717) is 23.0 Å². The molecule has 1 N–H and O–H groups in total. The van der Waals surface area contributed by atoms with E-state index >= 15 is 0 Å². The van der Waals surface area contributed by atoms with Crippen molar-refractivity contribution < 1.29 is 14.3 Å². The lowest BCUT2D eigenvalue weighted by molar-refractivity contribution is 0.0225. The molecule has 0 aliphatic carbocycles. The molecule has 0 bridgehead atoms. The standard InChI is InChI=1S/C37H40N2O3/c1-5-8-16-26(6-2)31(7-3)38-39(27-17-10-9-11-18-27)35-25(4)23-24-28-34(35)37(42-36(28)40)29-19-12-14-21-32(29)41-33-22-15-13-20-30(33)37/h9-15,17-24,26,31,38H,5-8,16H2,1-4H3. The number of hydrazine groups is 1. The molecule has 0 aromatic heterocycles. The van der Waals surface area contributed by atoms with Gasteiger partial charge in [0.05, 0.1) is 16.9 Å². The molecule has 0 saturated heterocycles. The Hall–Kier alpha value is -4.09.